The SMILES string of the molecule is CC(CCN)c1ccc(Cl)cc1Cl. The van der Waals surface area contributed by atoms with Crippen LogP contribution in [-0.4, -0.2) is 6.54 Å². The van der Waals surface area contributed by atoms with Gasteiger partial charge in [-0.05, 0) is 36.6 Å². The Morgan fingerprint density at radius 3 is 2.62 bits per heavy atom. The van der Waals surface area contributed by atoms with Crippen LogP contribution in [0.3, 0.4) is 0 Å². The van der Waals surface area contributed by atoms with Gasteiger partial charge in [-0.3, -0.25) is 0 Å². The lowest BCUT2D eigenvalue weighted by Crippen LogP contribution is -2.04. The van der Waals surface area contributed by atoms with Crippen LogP contribution in [-0.2, 0) is 0 Å². The van der Waals surface area contributed by atoms with E-state index in [-0.39, 0.29) is 0 Å². The minimum Gasteiger partial charge on any atom is -0.330 e. The number of benzene rings is 1. The lowest BCUT2D eigenvalue weighted by Gasteiger charge is -2.12. The second-order valence-corrected chi connectivity index (χ2v) is 3.99. The molecule has 13 heavy (non-hydrogen) atoms. The molecule has 72 valence electrons. The zero-order valence-corrected chi connectivity index (χ0v) is 9.07. The minimum absolute atomic E-state index is 0.398. The van der Waals surface area contributed by atoms with Crippen LogP contribution in [0.1, 0.15) is 24.8 Å². The van der Waals surface area contributed by atoms with E-state index in [9.17, 15) is 0 Å². The van der Waals surface area contributed by atoms with E-state index in [0.717, 1.165) is 17.0 Å². The summed E-state index contributed by atoms with van der Waals surface area (Å²) in [5.41, 5.74) is 6.60. The van der Waals surface area contributed by atoms with Crippen molar-refractivity contribution in [3.8, 4) is 0 Å². The van der Waals surface area contributed by atoms with E-state index in [0.29, 0.717) is 17.5 Å². The number of rotatable bonds is 3. The van der Waals surface area contributed by atoms with Crippen molar-refractivity contribution in [1.29, 1.82) is 0 Å². The normalized spacial score (nSPS) is 12.9. The van der Waals surface area contributed by atoms with E-state index in [1.807, 2.05) is 12.1 Å². The number of hydrogen-bond acceptors (Lipinski definition) is 1. The maximum Gasteiger partial charge on any atom is 0.0455 e. The molecule has 0 spiro atoms. The highest BCUT2D eigenvalue weighted by molar-refractivity contribution is 6.35. The van der Waals surface area contributed by atoms with Crippen LogP contribution in [0.5, 0.6) is 0 Å². The number of halogens is 2. The number of nitrogens with two attached hydrogens (primary N) is 1. The molecular formula is C10H13Cl2N. The second-order valence-electron chi connectivity index (χ2n) is 3.14. The van der Waals surface area contributed by atoms with Crippen LogP contribution in [0.2, 0.25) is 10.0 Å². The van der Waals surface area contributed by atoms with E-state index >= 15 is 0 Å². The Hall–Kier alpha value is -0.240. The minimum atomic E-state index is 0.398. The topological polar surface area (TPSA) is 26.0 Å². The van der Waals surface area contributed by atoms with Gasteiger partial charge in [0.25, 0.3) is 0 Å². The van der Waals surface area contributed by atoms with Crippen molar-refractivity contribution >= 4 is 23.2 Å². The van der Waals surface area contributed by atoms with Crippen molar-refractivity contribution in [2.45, 2.75) is 19.3 Å². The largest absolute Gasteiger partial charge is 0.330 e. The molecule has 0 saturated carbocycles. The molecule has 0 aromatic heterocycles. The van der Waals surface area contributed by atoms with Gasteiger partial charge in [0, 0.05) is 10.0 Å². The van der Waals surface area contributed by atoms with Gasteiger partial charge in [0.2, 0.25) is 0 Å². The predicted molar refractivity (Wildman–Crippen MR) is 58.5 cm³/mol. The summed E-state index contributed by atoms with van der Waals surface area (Å²) in [6, 6.07) is 5.59. The van der Waals surface area contributed by atoms with Crippen molar-refractivity contribution in [3.05, 3.63) is 33.8 Å². The van der Waals surface area contributed by atoms with Crippen molar-refractivity contribution in [3.63, 3.8) is 0 Å². The van der Waals surface area contributed by atoms with E-state index < -0.39 is 0 Å². The van der Waals surface area contributed by atoms with E-state index in [1.54, 1.807) is 6.07 Å². The zero-order chi connectivity index (χ0) is 9.84. The molecule has 0 heterocycles. The number of hydrogen-bond donors (Lipinski definition) is 1. The molecule has 1 unspecified atom stereocenters. The van der Waals surface area contributed by atoms with Crippen LogP contribution in [0.15, 0.2) is 18.2 Å². The summed E-state index contributed by atoms with van der Waals surface area (Å²) in [7, 11) is 0. The first-order valence-electron chi connectivity index (χ1n) is 4.30. The van der Waals surface area contributed by atoms with Crippen LogP contribution < -0.4 is 5.73 Å². The van der Waals surface area contributed by atoms with Gasteiger partial charge in [-0.25, -0.2) is 0 Å². The quantitative estimate of drug-likeness (QED) is 0.826. The van der Waals surface area contributed by atoms with Gasteiger partial charge in [0.1, 0.15) is 0 Å². The zero-order valence-electron chi connectivity index (χ0n) is 7.56. The Kier molecular flexibility index (Phi) is 4.04. The summed E-state index contributed by atoms with van der Waals surface area (Å²) in [6.07, 6.45) is 0.946. The molecule has 3 heteroatoms. The molecule has 1 rings (SSSR count). The summed E-state index contributed by atoms with van der Waals surface area (Å²) in [4.78, 5) is 0. The molecule has 1 aromatic rings. The van der Waals surface area contributed by atoms with Gasteiger partial charge in [-0.1, -0.05) is 36.2 Å². The highest BCUT2D eigenvalue weighted by Crippen LogP contribution is 2.28. The standard InChI is InChI=1S/C10H13Cl2N/c1-7(4-5-13)9-3-2-8(11)6-10(9)12/h2-3,6-7H,4-5,13H2,1H3. The van der Waals surface area contributed by atoms with Crippen LogP contribution in [0.4, 0.5) is 0 Å². The second kappa shape index (κ2) is 4.85. The van der Waals surface area contributed by atoms with E-state index in [2.05, 4.69) is 6.92 Å². The molecule has 0 aliphatic carbocycles. The van der Waals surface area contributed by atoms with Crippen molar-refractivity contribution in [2.24, 2.45) is 5.73 Å². The fourth-order valence-electron chi connectivity index (χ4n) is 1.31. The molecule has 0 bridgehead atoms. The first kappa shape index (κ1) is 10.8. The van der Waals surface area contributed by atoms with Crippen LogP contribution in [0, 0.1) is 0 Å². The Morgan fingerprint density at radius 1 is 1.38 bits per heavy atom. The summed E-state index contributed by atoms with van der Waals surface area (Å²) in [5.74, 6) is 0.398. The van der Waals surface area contributed by atoms with Gasteiger partial charge in [-0.2, -0.15) is 0 Å². The van der Waals surface area contributed by atoms with Gasteiger partial charge < -0.3 is 5.73 Å². The molecular weight excluding hydrogens is 205 g/mol. The van der Waals surface area contributed by atoms with Crippen molar-refractivity contribution in [1.82, 2.24) is 0 Å². The summed E-state index contributed by atoms with van der Waals surface area (Å²) in [6.45, 7) is 2.79. The predicted octanol–water partition coefficient (Wildman–Crippen LogP) is 3.45. The van der Waals surface area contributed by atoms with Gasteiger partial charge in [-0.15, -0.1) is 0 Å². The first-order valence-corrected chi connectivity index (χ1v) is 5.05. The summed E-state index contributed by atoms with van der Waals surface area (Å²) in [5, 5.41) is 1.40. The molecule has 0 aliphatic heterocycles. The molecule has 0 amide bonds. The molecule has 0 fully saturated rings. The molecule has 0 aliphatic rings. The Balaban J connectivity index is 2.88. The van der Waals surface area contributed by atoms with Crippen LogP contribution >= 0.6 is 23.2 Å². The molecule has 1 nitrogen and oxygen atoms in total. The Morgan fingerprint density at radius 2 is 2.08 bits per heavy atom. The first-order chi connectivity index (χ1) is 6.15. The third-order valence-electron chi connectivity index (χ3n) is 2.09. The van der Waals surface area contributed by atoms with E-state index in [4.69, 9.17) is 28.9 Å². The smallest absolute Gasteiger partial charge is 0.0455 e. The maximum atomic E-state index is 6.03. The van der Waals surface area contributed by atoms with Crippen molar-refractivity contribution < 1.29 is 0 Å². The third-order valence-corrected chi connectivity index (χ3v) is 2.66. The average molecular weight is 218 g/mol. The molecule has 0 saturated heterocycles. The fourth-order valence-corrected chi connectivity index (χ4v) is 1.90. The van der Waals surface area contributed by atoms with Gasteiger partial charge in [0.15, 0.2) is 0 Å². The third kappa shape index (κ3) is 2.87. The maximum absolute atomic E-state index is 6.03. The van der Waals surface area contributed by atoms with Gasteiger partial charge in [0.05, 0.1) is 0 Å². The molecule has 1 atom stereocenters. The molecule has 1 aromatic carbocycles. The molecule has 2 N–H and O–H groups in total. The van der Waals surface area contributed by atoms with E-state index in [1.165, 1.54) is 0 Å². The van der Waals surface area contributed by atoms with Gasteiger partial charge >= 0.3 is 0 Å². The fraction of sp³-hybridized carbons (Fsp3) is 0.400. The summed E-state index contributed by atoms with van der Waals surface area (Å²) >= 11 is 11.8. The van der Waals surface area contributed by atoms with Crippen molar-refractivity contribution in [2.75, 3.05) is 6.54 Å². The monoisotopic (exact) mass is 217 g/mol. The average Bonchev–Trinajstić information content (AvgIpc) is 2.04. The highest BCUT2D eigenvalue weighted by Gasteiger charge is 2.08. The Labute approximate surface area is 88.8 Å². The highest BCUT2D eigenvalue weighted by atomic mass is 35.5. The lowest BCUT2D eigenvalue weighted by molar-refractivity contribution is 0.690. The Bertz CT molecular complexity index is 286. The lowest BCUT2D eigenvalue weighted by atomic mass is 9.98. The summed E-state index contributed by atoms with van der Waals surface area (Å²) < 4.78 is 0. The van der Waals surface area contributed by atoms with Crippen LogP contribution in [0.25, 0.3) is 0 Å². The molecule has 0 radical (unpaired) electrons.